The molecule has 6 heteroatoms. The van der Waals surface area contributed by atoms with Crippen LogP contribution >= 0.6 is 23.7 Å². The zero-order valence-electron chi connectivity index (χ0n) is 9.77. The van der Waals surface area contributed by atoms with E-state index >= 15 is 0 Å². The predicted octanol–water partition coefficient (Wildman–Crippen LogP) is 1.36. The second kappa shape index (κ2) is 6.96. The number of rotatable bonds is 3. The smallest absolute Gasteiger partial charge is 0.264 e. The van der Waals surface area contributed by atoms with Crippen molar-refractivity contribution in [3.05, 3.63) is 21.9 Å². The highest BCUT2D eigenvalue weighted by atomic mass is 35.5. The van der Waals surface area contributed by atoms with Crippen LogP contribution in [0.15, 0.2) is 11.4 Å². The fourth-order valence-electron chi connectivity index (χ4n) is 1.80. The van der Waals surface area contributed by atoms with Crippen molar-refractivity contribution >= 4 is 29.7 Å². The van der Waals surface area contributed by atoms with E-state index in [0.29, 0.717) is 6.61 Å². The van der Waals surface area contributed by atoms with Gasteiger partial charge in [-0.2, -0.15) is 0 Å². The number of ether oxygens (including phenoxy) is 1. The normalized spacial score (nSPS) is 15.5. The van der Waals surface area contributed by atoms with E-state index in [9.17, 15) is 4.79 Å². The zero-order chi connectivity index (χ0) is 11.4. The van der Waals surface area contributed by atoms with Crippen LogP contribution in [0.2, 0.25) is 0 Å². The van der Waals surface area contributed by atoms with Crippen LogP contribution in [-0.4, -0.2) is 44.1 Å². The molecule has 96 valence electrons. The molecular formula is C11H17ClN2O2S. The average Bonchev–Trinajstić information content (AvgIpc) is 2.78. The standard InChI is InChI=1S/C11H16N2O2S.ClH/c1-15-8-9-2-7-16-10(9)11(14)13-5-3-12-4-6-13;/h2,7,12H,3-6,8H2,1H3;1H. The van der Waals surface area contributed by atoms with E-state index in [0.717, 1.165) is 36.6 Å². The van der Waals surface area contributed by atoms with Crippen molar-refractivity contribution in [1.29, 1.82) is 0 Å². The minimum atomic E-state index is 0. The molecule has 1 aliphatic rings. The largest absolute Gasteiger partial charge is 0.380 e. The molecule has 1 aliphatic heterocycles. The van der Waals surface area contributed by atoms with Crippen molar-refractivity contribution in [3.63, 3.8) is 0 Å². The maximum atomic E-state index is 12.2. The molecule has 1 fully saturated rings. The van der Waals surface area contributed by atoms with Gasteiger partial charge in [0.1, 0.15) is 0 Å². The summed E-state index contributed by atoms with van der Waals surface area (Å²) in [4.78, 5) is 14.9. The molecule has 4 nitrogen and oxygen atoms in total. The summed E-state index contributed by atoms with van der Waals surface area (Å²) in [7, 11) is 1.65. The quantitative estimate of drug-likeness (QED) is 0.906. The van der Waals surface area contributed by atoms with E-state index in [1.807, 2.05) is 16.3 Å². The van der Waals surface area contributed by atoms with Crippen molar-refractivity contribution in [2.75, 3.05) is 33.3 Å². The molecule has 2 heterocycles. The molecular weight excluding hydrogens is 260 g/mol. The molecule has 0 spiro atoms. The molecule has 1 saturated heterocycles. The lowest BCUT2D eigenvalue weighted by Gasteiger charge is -2.27. The first-order valence-electron chi connectivity index (χ1n) is 5.38. The Morgan fingerprint density at radius 3 is 2.88 bits per heavy atom. The van der Waals surface area contributed by atoms with Crippen LogP contribution in [0.3, 0.4) is 0 Å². The van der Waals surface area contributed by atoms with Crippen LogP contribution < -0.4 is 5.32 Å². The zero-order valence-corrected chi connectivity index (χ0v) is 11.4. The molecule has 0 aliphatic carbocycles. The fraction of sp³-hybridized carbons (Fsp3) is 0.545. The Morgan fingerprint density at radius 1 is 1.53 bits per heavy atom. The predicted molar refractivity (Wildman–Crippen MR) is 71.1 cm³/mol. The number of halogens is 1. The Bertz CT molecular complexity index is 364. The Balaban J connectivity index is 0.00000144. The highest BCUT2D eigenvalue weighted by molar-refractivity contribution is 7.12. The highest BCUT2D eigenvalue weighted by Crippen LogP contribution is 2.20. The Kier molecular flexibility index (Phi) is 5.91. The molecule has 0 atom stereocenters. The maximum Gasteiger partial charge on any atom is 0.264 e. The van der Waals surface area contributed by atoms with Crippen molar-refractivity contribution < 1.29 is 9.53 Å². The van der Waals surface area contributed by atoms with E-state index in [4.69, 9.17) is 4.74 Å². The lowest BCUT2D eigenvalue weighted by Crippen LogP contribution is -2.46. The second-order valence-corrected chi connectivity index (χ2v) is 4.67. The van der Waals surface area contributed by atoms with Crippen LogP contribution in [0.5, 0.6) is 0 Å². The Morgan fingerprint density at radius 2 is 2.24 bits per heavy atom. The molecule has 0 radical (unpaired) electrons. The van der Waals surface area contributed by atoms with E-state index in [-0.39, 0.29) is 18.3 Å². The first-order chi connectivity index (χ1) is 7.83. The van der Waals surface area contributed by atoms with E-state index in [2.05, 4.69) is 5.32 Å². The van der Waals surface area contributed by atoms with E-state index in [1.54, 1.807) is 7.11 Å². The number of hydrogen-bond donors (Lipinski definition) is 1. The molecule has 0 unspecified atom stereocenters. The van der Waals surface area contributed by atoms with Crippen LogP contribution in [0, 0.1) is 0 Å². The number of carbonyl (C=O) groups is 1. The number of hydrogen-bond acceptors (Lipinski definition) is 4. The first-order valence-corrected chi connectivity index (χ1v) is 6.26. The molecule has 0 saturated carbocycles. The summed E-state index contributed by atoms with van der Waals surface area (Å²) in [6.07, 6.45) is 0. The van der Waals surface area contributed by atoms with E-state index in [1.165, 1.54) is 11.3 Å². The van der Waals surface area contributed by atoms with Gasteiger partial charge in [0, 0.05) is 38.9 Å². The Hall–Kier alpha value is -0.620. The van der Waals surface area contributed by atoms with Crippen LogP contribution in [0.1, 0.15) is 15.2 Å². The van der Waals surface area contributed by atoms with Gasteiger partial charge in [0.05, 0.1) is 11.5 Å². The summed E-state index contributed by atoms with van der Waals surface area (Å²) < 4.78 is 5.09. The number of piperazine rings is 1. The third kappa shape index (κ3) is 3.42. The number of carbonyl (C=O) groups excluding carboxylic acids is 1. The van der Waals surface area contributed by atoms with Crippen molar-refractivity contribution in [1.82, 2.24) is 10.2 Å². The number of methoxy groups -OCH3 is 1. The lowest BCUT2D eigenvalue weighted by molar-refractivity contribution is 0.0736. The van der Waals surface area contributed by atoms with Crippen LogP contribution in [0.4, 0.5) is 0 Å². The molecule has 0 bridgehead atoms. The minimum Gasteiger partial charge on any atom is -0.380 e. The van der Waals surface area contributed by atoms with Gasteiger partial charge in [0.15, 0.2) is 0 Å². The molecule has 1 N–H and O–H groups in total. The molecule has 17 heavy (non-hydrogen) atoms. The fourth-order valence-corrected chi connectivity index (χ4v) is 2.68. The second-order valence-electron chi connectivity index (χ2n) is 3.75. The average molecular weight is 277 g/mol. The highest BCUT2D eigenvalue weighted by Gasteiger charge is 2.21. The van der Waals surface area contributed by atoms with Gasteiger partial charge < -0.3 is 15.0 Å². The molecule has 0 aromatic carbocycles. The third-order valence-corrected chi connectivity index (χ3v) is 3.59. The molecule has 2 rings (SSSR count). The summed E-state index contributed by atoms with van der Waals surface area (Å²) >= 11 is 1.50. The number of nitrogens with zero attached hydrogens (tertiary/aromatic N) is 1. The first kappa shape index (κ1) is 14.4. The summed E-state index contributed by atoms with van der Waals surface area (Å²) in [5.74, 6) is 0.142. The maximum absolute atomic E-state index is 12.2. The van der Waals surface area contributed by atoms with Gasteiger partial charge in [-0.05, 0) is 11.4 Å². The van der Waals surface area contributed by atoms with Crippen molar-refractivity contribution in [2.24, 2.45) is 0 Å². The minimum absolute atomic E-state index is 0. The summed E-state index contributed by atoms with van der Waals surface area (Å²) in [5, 5.41) is 5.19. The topological polar surface area (TPSA) is 41.6 Å². The number of nitrogens with one attached hydrogen (secondary N) is 1. The van der Waals surface area contributed by atoms with E-state index < -0.39 is 0 Å². The number of amides is 1. The van der Waals surface area contributed by atoms with Gasteiger partial charge in [-0.25, -0.2) is 0 Å². The summed E-state index contributed by atoms with van der Waals surface area (Å²) in [6.45, 7) is 3.87. The van der Waals surface area contributed by atoms with Gasteiger partial charge in [0.2, 0.25) is 0 Å². The lowest BCUT2D eigenvalue weighted by atomic mass is 10.2. The van der Waals surface area contributed by atoms with Crippen molar-refractivity contribution in [2.45, 2.75) is 6.61 Å². The van der Waals surface area contributed by atoms with Crippen LogP contribution in [-0.2, 0) is 11.3 Å². The van der Waals surface area contributed by atoms with Gasteiger partial charge in [-0.1, -0.05) is 0 Å². The summed E-state index contributed by atoms with van der Waals surface area (Å²) in [5.41, 5.74) is 0.996. The van der Waals surface area contributed by atoms with Gasteiger partial charge in [0.25, 0.3) is 5.91 Å². The monoisotopic (exact) mass is 276 g/mol. The van der Waals surface area contributed by atoms with Crippen LogP contribution in [0.25, 0.3) is 0 Å². The van der Waals surface area contributed by atoms with Gasteiger partial charge >= 0.3 is 0 Å². The Labute approximate surface area is 111 Å². The molecule has 1 amide bonds. The van der Waals surface area contributed by atoms with Crippen molar-refractivity contribution in [3.8, 4) is 0 Å². The molecule has 1 aromatic heterocycles. The summed E-state index contributed by atoms with van der Waals surface area (Å²) in [6, 6.07) is 1.96. The molecule has 1 aromatic rings. The van der Waals surface area contributed by atoms with Gasteiger partial charge in [-0.15, -0.1) is 23.7 Å². The van der Waals surface area contributed by atoms with Gasteiger partial charge in [-0.3, -0.25) is 4.79 Å². The SMILES string of the molecule is COCc1ccsc1C(=O)N1CCNCC1.Cl. The number of thiophene rings is 1. The third-order valence-electron chi connectivity index (χ3n) is 2.65.